The van der Waals surface area contributed by atoms with Crippen LogP contribution in [0.4, 0.5) is 4.39 Å². The first-order chi connectivity index (χ1) is 10.6. The molecular formula is C18H16ClFN2. The van der Waals surface area contributed by atoms with Crippen molar-refractivity contribution in [2.45, 2.75) is 12.5 Å². The molecule has 22 heavy (non-hydrogen) atoms. The van der Waals surface area contributed by atoms with Crippen molar-refractivity contribution in [3.8, 4) is 0 Å². The Bertz CT molecular complexity index is 855. The predicted octanol–water partition coefficient (Wildman–Crippen LogP) is 4.54. The van der Waals surface area contributed by atoms with E-state index in [4.69, 9.17) is 11.6 Å². The summed E-state index contributed by atoms with van der Waals surface area (Å²) in [5, 5.41) is 1.43. The van der Waals surface area contributed by atoms with Gasteiger partial charge in [-0.25, -0.2) is 4.39 Å². The van der Waals surface area contributed by atoms with Gasteiger partial charge in [0.1, 0.15) is 5.82 Å². The molecule has 0 fully saturated rings. The Morgan fingerprint density at radius 1 is 1.23 bits per heavy atom. The van der Waals surface area contributed by atoms with Gasteiger partial charge in [0.05, 0.1) is 5.02 Å². The van der Waals surface area contributed by atoms with Crippen LogP contribution in [-0.4, -0.2) is 23.5 Å². The second-order valence-corrected chi connectivity index (χ2v) is 6.40. The van der Waals surface area contributed by atoms with Crippen molar-refractivity contribution >= 4 is 22.5 Å². The van der Waals surface area contributed by atoms with Gasteiger partial charge in [-0.15, -0.1) is 0 Å². The second kappa shape index (κ2) is 5.11. The van der Waals surface area contributed by atoms with Crippen molar-refractivity contribution in [2.24, 2.45) is 0 Å². The lowest BCUT2D eigenvalue weighted by Gasteiger charge is -2.33. The molecular weight excluding hydrogens is 299 g/mol. The van der Waals surface area contributed by atoms with E-state index in [1.54, 1.807) is 12.1 Å². The molecule has 1 atom stereocenters. The molecule has 2 aromatic carbocycles. The van der Waals surface area contributed by atoms with Crippen molar-refractivity contribution in [1.29, 1.82) is 0 Å². The van der Waals surface area contributed by atoms with Crippen LogP contribution in [0.3, 0.4) is 0 Å². The Labute approximate surface area is 133 Å². The molecule has 0 aliphatic carbocycles. The van der Waals surface area contributed by atoms with Crippen LogP contribution in [0, 0.1) is 5.82 Å². The summed E-state index contributed by atoms with van der Waals surface area (Å²) >= 11 is 5.82. The van der Waals surface area contributed by atoms with Gasteiger partial charge in [-0.1, -0.05) is 23.7 Å². The molecule has 2 heterocycles. The number of halogens is 2. The van der Waals surface area contributed by atoms with E-state index in [0.29, 0.717) is 0 Å². The summed E-state index contributed by atoms with van der Waals surface area (Å²) in [6.45, 7) is 1.79. The number of benzene rings is 2. The van der Waals surface area contributed by atoms with Gasteiger partial charge in [0.2, 0.25) is 0 Å². The van der Waals surface area contributed by atoms with Crippen LogP contribution < -0.4 is 0 Å². The molecule has 0 spiro atoms. The summed E-state index contributed by atoms with van der Waals surface area (Å²) in [4.78, 5) is 5.54. The average Bonchev–Trinajstić information content (AvgIpc) is 2.98. The van der Waals surface area contributed by atoms with E-state index in [9.17, 15) is 4.39 Å². The number of likely N-dealkylation sites (N-methyl/N-ethyl adjacent to an activating group) is 1. The normalized spacial score (nSPS) is 18.6. The Kier molecular flexibility index (Phi) is 3.21. The first-order valence-electron chi connectivity index (χ1n) is 7.36. The second-order valence-electron chi connectivity index (χ2n) is 6.00. The molecule has 1 aromatic heterocycles. The highest BCUT2D eigenvalue weighted by Gasteiger charge is 2.26. The molecule has 2 nitrogen and oxygen atoms in total. The molecule has 0 amide bonds. The van der Waals surface area contributed by atoms with Crippen molar-refractivity contribution in [3.63, 3.8) is 0 Å². The first-order valence-corrected chi connectivity index (χ1v) is 7.73. The van der Waals surface area contributed by atoms with Crippen LogP contribution in [0.15, 0.2) is 42.6 Å². The summed E-state index contributed by atoms with van der Waals surface area (Å²) in [6, 6.07) is 11.5. The third-order valence-electron chi connectivity index (χ3n) is 4.53. The number of aromatic nitrogens is 1. The molecule has 112 valence electrons. The zero-order valence-corrected chi connectivity index (χ0v) is 13.0. The SMILES string of the molecule is CN1Cc2c(ccc3[nH]ccc23)C(c2ccc(Cl)c(F)c2)C1. The molecule has 4 rings (SSSR count). The number of hydrogen-bond donors (Lipinski definition) is 1. The molecule has 1 aliphatic heterocycles. The predicted molar refractivity (Wildman–Crippen MR) is 87.9 cm³/mol. The number of rotatable bonds is 1. The summed E-state index contributed by atoms with van der Waals surface area (Å²) < 4.78 is 13.9. The number of hydrogen-bond acceptors (Lipinski definition) is 1. The van der Waals surface area contributed by atoms with Crippen molar-refractivity contribution < 1.29 is 4.39 Å². The van der Waals surface area contributed by atoms with E-state index >= 15 is 0 Å². The molecule has 4 heteroatoms. The van der Waals surface area contributed by atoms with Crippen LogP contribution in [0.5, 0.6) is 0 Å². The van der Waals surface area contributed by atoms with E-state index in [0.717, 1.165) is 24.2 Å². The fourth-order valence-corrected chi connectivity index (χ4v) is 3.59. The van der Waals surface area contributed by atoms with Gasteiger partial charge < -0.3 is 9.88 Å². The monoisotopic (exact) mass is 314 g/mol. The quantitative estimate of drug-likeness (QED) is 0.699. The zero-order valence-electron chi connectivity index (χ0n) is 12.2. The molecule has 0 saturated heterocycles. The molecule has 0 bridgehead atoms. The van der Waals surface area contributed by atoms with Gasteiger partial charge >= 0.3 is 0 Å². The molecule has 1 N–H and O–H groups in total. The van der Waals surface area contributed by atoms with E-state index in [1.807, 2.05) is 12.3 Å². The standard InChI is InChI=1S/C18H16ClFN2/c1-22-9-14(11-2-4-16(19)17(20)8-11)12-3-5-18-13(6-7-21-18)15(12)10-22/h2-8,14,21H,9-10H2,1H3. The maximum absolute atomic E-state index is 13.9. The lowest BCUT2D eigenvalue weighted by molar-refractivity contribution is 0.296. The maximum atomic E-state index is 13.9. The van der Waals surface area contributed by atoms with Gasteiger partial charge in [0.25, 0.3) is 0 Å². The van der Waals surface area contributed by atoms with Gasteiger partial charge in [-0.3, -0.25) is 0 Å². The fourth-order valence-electron chi connectivity index (χ4n) is 3.47. The van der Waals surface area contributed by atoms with Gasteiger partial charge in [-0.2, -0.15) is 0 Å². The van der Waals surface area contributed by atoms with Crippen molar-refractivity contribution in [2.75, 3.05) is 13.6 Å². The minimum absolute atomic E-state index is 0.166. The average molecular weight is 315 g/mol. The lowest BCUT2D eigenvalue weighted by Crippen LogP contribution is -2.31. The lowest BCUT2D eigenvalue weighted by atomic mass is 9.83. The first kappa shape index (κ1) is 13.8. The smallest absolute Gasteiger partial charge is 0.142 e. The van der Waals surface area contributed by atoms with E-state index in [2.05, 4.69) is 35.1 Å². The van der Waals surface area contributed by atoms with E-state index in [1.165, 1.54) is 16.5 Å². The molecule has 3 aromatic rings. The third kappa shape index (κ3) is 2.13. The largest absolute Gasteiger partial charge is 0.361 e. The third-order valence-corrected chi connectivity index (χ3v) is 4.83. The molecule has 1 aliphatic rings. The molecule has 1 unspecified atom stereocenters. The topological polar surface area (TPSA) is 19.0 Å². The maximum Gasteiger partial charge on any atom is 0.142 e. The highest BCUT2D eigenvalue weighted by molar-refractivity contribution is 6.30. The zero-order chi connectivity index (χ0) is 15.3. The van der Waals surface area contributed by atoms with Crippen LogP contribution >= 0.6 is 11.6 Å². The fraction of sp³-hybridized carbons (Fsp3) is 0.222. The van der Waals surface area contributed by atoms with Gasteiger partial charge in [-0.05, 0) is 48.0 Å². The highest BCUT2D eigenvalue weighted by Crippen LogP contribution is 2.37. The van der Waals surface area contributed by atoms with Crippen LogP contribution in [0.2, 0.25) is 5.02 Å². The Morgan fingerprint density at radius 2 is 2.09 bits per heavy atom. The van der Waals surface area contributed by atoms with E-state index in [-0.39, 0.29) is 16.8 Å². The minimum Gasteiger partial charge on any atom is -0.361 e. The van der Waals surface area contributed by atoms with Crippen LogP contribution in [-0.2, 0) is 6.54 Å². The van der Waals surface area contributed by atoms with Gasteiger partial charge in [0.15, 0.2) is 0 Å². The number of nitrogens with zero attached hydrogens (tertiary/aromatic N) is 1. The molecule has 0 saturated carbocycles. The minimum atomic E-state index is -0.350. The van der Waals surface area contributed by atoms with Crippen molar-refractivity contribution in [3.05, 3.63) is 70.1 Å². The Morgan fingerprint density at radius 3 is 2.91 bits per heavy atom. The molecule has 0 radical (unpaired) electrons. The van der Waals surface area contributed by atoms with Crippen molar-refractivity contribution in [1.82, 2.24) is 9.88 Å². The number of aromatic amines is 1. The summed E-state index contributed by atoms with van der Waals surface area (Å²) in [7, 11) is 2.10. The summed E-state index contributed by atoms with van der Waals surface area (Å²) in [5.41, 5.74) is 4.74. The van der Waals surface area contributed by atoms with Crippen LogP contribution in [0.25, 0.3) is 10.9 Å². The Hall–Kier alpha value is -1.84. The van der Waals surface area contributed by atoms with Gasteiger partial charge in [0, 0.05) is 36.1 Å². The summed E-state index contributed by atoms with van der Waals surface area (Å²) in [6.07, 6.45) is 1.97. The van der Waals surface area contributed by atoms with E-state index < -0.39 is 0 Å². The van der Waals surface area contributed by atoms with Crippen LogP contribution in [0.1, 0.15) is 22.6 Å². The highest BCUT2D eigenvalue weighted by atomic mass is 35.5. The Balaban J connectivity index is 1.89. The number of H-pyrrole nitrogens is 1. The number of nitrogens with one attached hydrogen (secondary N) is 1. The number of fused-ring (bicyclic) bond motifs is 3. The summed E-state index contributed by atoms with van der Waals surface area (Å²) in [5.74, 6) is -0.184.